The number of thioether (sulfide) groups is 2. The van der Waals surface area contributed by atoms with Gasteiger partial charge in [0.05, 0.1) is 10.7 Å². The average molecular weight is 334 g/mol. The van der Waals surface area contributed by atoms with Crippen LogP contribution >= 0.6 is 35.7 Å². The third-order valence-corrected chi connectivity index (χ3v) is 5.06. The van der Waals surface area contributed by atoms with Gasteiger partial charge >= 0.3 is 5.97 Å². The number of carbonyl (C=O) groups is 3. The summed E-state index contributed by atoms with van der Waals surface area (Å²) in [6.07, 6.45) is 0. The van der Waals surface area contributed by atoms with Gasteiger partial charge in [0.2, 0.25) is 5.91 Å². The highest BCUT2D eigenvalue weighted by molar-refractivity contribution is 8.27. The second kappa shape index (κ2) is 7.65. The summed E-state index contributed by atoms with van der Waals surface area (Å²) < 4.78 is 0.516. The van der Waals surface area contributed by atoms with Crippen LogP contribution in [0.4, 0.5) is 0 Å². The van der Waals surface area contributed by atoms with Crippen LogP contribution in [0.15, 0.2) is 9.81 Å². The molecule has 1 rings (SSSR count). The lowest BCUT2D eigenvalue weighted by atomic mass is 10.4. The summed E-state index contributed by atoms with van der Waals surface area (Å²) in [6.45, 7) is 3.70. The summed E-state index contributed by atoms with van der Waals surface area (Å²) in [6, 6.07) is 0. The Labute approximate surface area is 130 Å². The van der Waals surface area contributed by atoms with Crippen molar-refractivity contribution < 1.29 is 19.5 Å². The largest absolute Gasteiger partial charge is 0.480 e. The molecule has 1 aliphatic heterocycles. The van der Waals surface area contributed by atoms with E-state index in [4.69, 9.17) is 17.3 Å². The smallest absolute Gasteiger partial charge is 0.322 e. The predicted octanol–water partition coefficient (Wildman–Crippen LogP) is 1.03. The molecule has 0 unspecified atom stereocenters. The van der Waals surface area contributed by atoms with Gasteiger partial charge in [-0.1, -0.05) is 24.0 Å². The van der Waals surface area contributed by atoms with Gasteiger partial charge in [-0.2, -0.15) is 0 Å². The van der Waals surface area contributed by atoms with Gasteiger partial charge in [-0.3, -0.25) is 19.3 Å². The number of nitrogens with zero attached hydrogens (tertiary/aromatic N) is 1. The molecule has 0 bridgehead atoms. The zero-order valence-electron chi connectivity index (χ0n) is 11.0. The van der Waals surface area contributed by atoms with E-state index in [2.05, 4.69) is 5.32 Å². The molecule has 20 heavy (non-hydrogen) atoms. The third kappa shape index (κ3) is 4.50. The first kappa shape index (κ1) is 17.0. The van der Waals surface area contributed by atoms with E-state index in [1.807, 2.05) is 6.92 Å². The standard InChI is InChI=1S/C11H14N2O4S3/c1-3-13-10(17)9(20-11(13)18)6(2)19-5-7(14)12-4-8(15)16/h3-5H2,1-2H3,(H,12,14)(H,15,16)/b9-6+. The number of carboxylic acids is 1. The Kier molecular flexibility index (Phi) is 6.50. The normalized spacial score (nSPS) is 17.4. The van der Waals surface area contributed by atoms with Crippen molar-refractivity contribution in [1.82, 2.24) is 10.2 Å². The number of hydrogen-bond acceptors (Lipinski definition) is 6. The number of carbonyl (C=O) groups excluding carboxylic acids is 2. The molecule has 0 aromatic heterocycles. The second-order valence-corrected chi connectivity index (χ2v) is 6.60. The van der Waals surface area contributed by atoms with Crippen molar-refractivity contribution in [2.45, 2.75) is 13.8 Å². The Morgan fingerprint density at radius 1 is 1.50 bits per heavy atom. The fraction of sp³-hybridized carbons (Fsp3) is 0.455. The van der Waals surface area contributed by atoms with E-state index >= 15 is 0 Å². The molecule has 1 saturated heterocycles. The van der Waals surface area contributed by atoms with Gasteiger partial charge in [-0.15, -0.1) is 11.8 Å². The predicted molar refractivity (Wildman–Crippen MR) is 83.4 cm³/mol. The fourth-order valence-electron chi connectivity index (χ4n) is 1.35. The monoisotopic (exact) mass is 334 g/mol. The number of likely N-dealkylation sites (N-methyl/N-ethyl adjacent to an activating group) is 1. The average Bonchev–Trinajstić information content (AvgIpc) is 2.68. The molecular formula is C11H14N2O4S3. The van der Waals surface area contributed by atoms with Crippen molar-refractivity contribution in [2.75, 3.05) is 18.8 Å². The first-order valence-corrected chi connectivity index (χ1v) is 7.93. The quantitative estimate of drug-likeness (QED) is 0.554. The van der Waals surface area contributed by atoms with Gasteiger partial charge in [0.1, 0.15) is 10.9 Å². The van der Waals surface area contributed by atoms with Gasteiger partial charge in [0.15, 0.2) is 0 Å². The summed E-state index contributed by atoms with van der Waals surface area (Å²) in [5, 5.41) is 10.7. The van der Waals surface area contributed by atoms with E-state index in [0.717, 1.165) is 0 Å². The van der Waals surface area contributed by atoms with Crippen LogP contribution in [0.3, 0.4) is 0 Å². The number of thiocarbonyl (C=S) groups is 1. The van der Waals surface area contributed by atoms with E-state index in [-0.39, 0.29) is 17.6 Å². The molecule has 0 saturated carbocycles. The zero-order chi connectivity index (χ0) is 15.3. The van der Waals surface area contributed by atoms with E-state index in [1.54, 1.807) is 6.92 Å². The molecule has 0 spiro atoms. The van der Waals surface area contributed by atoms with Crippen LogP contribution in [0.2, 0.25) is 0 Å². The first-order valence-electron chi connectivity index (χ1n) is 5.72. The van der Waals surface area contributed by atoms with Crippen molar-refractivity contribution in [3.05, 3.63) is 9.81 Å². The Hall–Kier alpha value is -1.06. The van der Waals surface area contributed by atoms with E-state index < -0.39 is 12.5 Å². The number of aliphatic carboxylic acids is 1. The van der Waals surface area contributed by atoms with E-state index in [9.17, 15) is 14.4 Å². The van der Waals surface area contributed by atoms with Crippen molar-refractivity contribution in [2.24, 2.45) is 0 Å². The minimum Gasteiger partial charge on any atom is -0.480 e. The number of rotatable bonds is 6. The van der Waals surface area contributed by atoms with Crippen LogP contribution in [0.1, 0.15) is 13.8 Å². The highest BCUT2D eigenvalue weighted by atomic mass is 32.2. The van der Waals surface area contributed by atoms with Crippen LogP contribution in [-0.2, 0) is 14.4 Å². The number of allylic oxidation sites excluding steroid dienone is 1. The third-order valence-electron chi connectivity index (χ3n) is 2.34. The van der Waals surface area contributed by atoms with Gasteiger partial charge in [0, 0.05) is 11.4 Å². The van der Waals surface area contributed by atoms with Gasteiger partial charge < -0.3 is 10.4 Å². The lowest BCUT2D eigenvalue weighted by Gasteiger charge is -2.10. The van der Waals surface area contributed by atoms with Crippen molar-refractivity contribution in [3.63, 3.8) is 0 Å². The topological polar surface area (TPSA) is 86.7 Å². The summed E-state index contributed by atoms with van der Waals surface area (Å²) >= 11 is 7.52. The van der Waals surface area contributed by atoms with Crippen LogP contribution < -0.4 is 5.32 Å². The first-order chi connectivity index (χ1) is 9.36. The molecule has 0 aromatic carbocycles. The van der Waals surface area contributed by atoms with Crippen molar-refractivity contribution in [3.8, 4) is 0 Å². The maximum atomic E-state index is 12.0. The molecule has 0 radical (unpaired) electrons. The van der Waals surface area contributed by atoms with Gasteiger partial charge in [0.25, 0.3) is 5.91 Å². The fourth-order valence-corrected chi connectivity index (χ4v) is 3.62. The molecule has 0 atom stereocenters. The summed E-state index contributed by atoms with van der Waals surface area (Å²) in [5.41, 5.74) is 0. The molecule has 2 amide bonds. The molecule has 6 nitrogen and oxygen atoms in total. The molecular weight excluding hydrogens is 320 g/mol. The number of nitrogens with one attached hydrogen (secondary N) is 1. The zero-order valence-corrected chi connectivity index (χ0v) is 13.4. The number of hydrogen-bond donors (Lipinski definition) is 2. The van der Waals surface area contributed by atoms with Crippen molar-refractivity contribution >= 4 is 57.8 Å². The molecule has 0 aromatic rings. The lowest BCUT2D eigenvalue weighted by molar-refractivity contribution is -0.137. The molecule has 110 valence electrons. The van der Waals surface area contributed by atoms with Crippen LogP contribution in [0.25, 0.3) is 0 Å². The summed E-state index contributed by atoms with van der Waals surface area (Å²) in [7, 11) is 0. The van der Waals surface area contributed by atoms with E-state index in [0.29, 0.717) is 20.7 Å². The van der Waals surface area contributed by atoms with Gasteiger partial charge in [-0.05, 0) is 13.8 Å². The molecule has 9 heteroatoms. The van der Waals surface area contributed by atoms with Gasteiger partial charge in [-0.25, -0.2) is 0 Å². The van der Waals surface area contributed by atoms with Crippen LogP contribution in [0, 0.1) is 0 Å². The van der Waals surface area contributed by atoms with Crippen molar-refractivity contribution in [1.29, 1.82) is 0 Å². The molecule has 1 aliphatic rings. The Bertz CT molecular complexity index is 490. The Morgan fingerprint density at radius 3 is 2.65 bits per heavy atom. The van der Waals surface area contributed by atoms with Crippen LogP contribution in [0.5, 0.6) is 0 Å². The molecule has 0 aliphatic carbocycles. The number of amides is 2. The molecule has 2 N–H and O–H groups in total. The second-order valence-electron chi connectivity index (χ2n) is 3.76. The molecule has 1 fully saturated rings. The molecule has 1 heterocycles. The van der Waals surface area contributed by atoms with E-state index in [1.165, 1.54) is 28.4 Å². The lowest BCUT2D eigenvalue weighted by Crippen LogP contribution is -2.30. The Balaban J connectivity index is 2.58. The van der Waals surface area contributed by atoms with Crippen LogP contribution in [-0.4, -0.2) is 51.0 Å². The maximum absolute atomic E-state index is 12.0. The summed E-state index contributed by atoms with van der Waals surface area (Å²) in [5.74, 6) is -1.56. The highest BCUT2D eigenvalue weighted by Gasteiger charge is 2.32. The Morgan fingerprint density at radius 2 is 2.15 bits per heavy atom. The number of carboxylic acid groups (broad SMARTS) is 1. The highest BCUT2D eigenvalue weighted by Crippen LogP contribution is 2.36. The minimum absolute atomic E-state index is 0.0648. The SMILES string of the molecule is CCN1C(=O)/C(=C(/C)SCC(=O)NCC(=O)O)SC1=S. The maximum Gasteiger partial charge on any atom is 0.322 e. The summed E-state index contributed by atoms with van der Waals surface area (Å²) in [4.78, 5) is 36.5. The minimum atomic E-state index is -1.09.